The first-order valence-corrected chi connectivity index (χ1v) is 9.54. The number of likely N-dealkylation sites (tertiary alicyclic amines) is 1. The van der Waals surface area contributed by atoms with Gasteiger partial charge in [0.25, 0.3) is 0 Å². The summed E-state index contributed by atoms with van der Waals surface area (Å²) in [6.45, 7) is 0.742. The first-order valence-electron chi connectivity index (χ1n) is 8.72. The maximum Gasteiger partial charge on any atom is 0.320 e. The molecule has 1 unspecified atom stereocenters. The number of piperidine rings is 1. The molecule has 1 heterocycles. The van der Waals surface area contributed by atoms with E-state index in [1.807, 2.05) is 54.6 Å². The quantitative estimate of drug-likeness (QED) is 0.754. The minimum absolute atomic E-state index is 0. The second kappa shape index (κ2) is 10.3. The Labute approximate surface area is 169 Å². The maximum atomic E-state index is 12.5. The Morgan fingerprint density at radius 1 is 1.07 bits per heavy atom. The van der Waals surface area contributed by atoms with Crippen molar-refractivity contribution in [3.63, 3.8) is 0 Å². The van der Waals surface area contributed by atoms with Crippen molar-refractivity contribution in [1.29, 1.82) is 0 Å². The van der Waals surface area contributed by atoms with E-state index in [1.54, 1.807) is 16.7 Å². The van der Waals surface area contributed by atoms with Crippen molar-refractivity contribution in [3.8, 4) is 0 Å². The number of carboxylic acids is 1. The highest BCUT2D eigenvalue weighted by Crippen LogP contribution is 2.33. The van der Waals surface area contributed by atoms with Crippen molar-refractivity contribution in [1.82, 2.24) is 4.90 Å². The number of anilines is 1. The van der Waals surface area contributed by atoms with Gasteiger partial charge in [-0.25, -0.2) is 0 Å². The number of nitrogens with one attached hydrogen (secondary N) is 1. The van der Waals surface area contributed by atoms with Crippen LogP contribution in [0.5, 0.6) is 0 Å². The standard InChI is InChI=1S/C20H22N2O3S.ClH/c23-19(14-22-13-7-6-11-17(22)20(24)25)21-16-10-4-5-12-18(16)26-15-8-2-1-3-9-15;/h1-5,8-10,12,17H,6-7,11,13-14H2,(H,21,23)(H,24,25);1H. The van der Waals surface area contributed by atoms with E-state index < -0.39 is 12.0 Å². The average Bonchev–Trinajstić information content (AvgIpc) is 2.64. The van der Waals surface area contributed by atoms with E-state index in [0.717, 1.165) is 28.3 Å². The van der Waals surface area contributed by atoms with Gasteiger partial charge in [0.2, 0.25) is 5.91 Å². The minimum atomic E-state index is -0.850. The van der Waals surface area contributed by atoms with E-state index in [2.05, 4.69) is 5.32 Å². The zero-order chi connectivity index (χ0) is 18.4. The van der Waals surface area contributed by atoms with Gasteiger partial charge in [-0.2, -0.15) is 0 Å². The highest BCUT2D eigenvalue weighted by atomic mass is 35.5. The van der Waals surface area contributed by atoms with E-state index in [9.17, 15) is 14.7 Å². The molecule has 3 rings (SSSR count). The number of hydrogen-bond donors (Lipinski definition) is 2. The Bertz CT molecular complexity index is 773. The van der Waals surface area contributed by atoms with Gasteiger partial charge in [-0.3, -0.25) is 14.5 Å². The van der Waals surface area contributed by atoms with Crippen LogP contribution in [-0.2, 0) is 9.59 Å². The summed E-state index contributed by atoms with van der Waals surface area (Å²) in [5.41, 5.74) is 0.746. The topological polar surface area (TPSA) is 69.6 Å². The fourth-order valence-corrected chi connectivity index (χ4v) is 4.03. The third kappa shape index (κ3) is 5.99. The molecule has 2 aromatic carbocycles. The Morgan fingerprint density at radius 3 is 2.52 bits per heavy atom. The fraction of sp³-hybridized carbons (Fsp3) is 0.300. The smallest absolute Gasteiger partial charge is 0.320 e. The zero-order valence-corrected chi connectivity index (χ0v) is 16.5. The van der Waals surface area contributed by atoms with Crippen LogP contribution in [-0.4, -0.2) is 41.0 Å². The zero-order valence-electron chi connectivity index (χ0n) is 14.8. The number of amides is 1. The van der Waals surface area contributed by atoms with Crippen molar-refractivity contribution >= 4 is 41.7 Å². The molecule has 0 aromatic heterocycles. The van der Waals surface area contributed by atoms with Gasteiger partial charge >= 0.3 is 5.97 Å². The van der Waals surface area contributed by atoms with Crippen molar-refractivity contribution < 1.29 is 14.7 Å². The van der Waals surface area contributed by atoms with Crippen LogP contribution in [0.1, 0.15) is 19.3 Å². The predicted octanol–water partition coefficient (Wildman–Crippen LogP) is 4.14. The summed E-state index contributed by atoms with van der Waals surface area (Å²) in [4.78, 5) is 27.7. The van der Waals surface area contributed by atoms with Crippen LogP contribution in [0.15, 0.2) is 64.4 Å². The van der Waals surface area contributed by atoms with Gasteiger partial charge in [0.1, 0.15) is 6.04 Å². The number of nitrogens with zero attached hydrogens (tertiary/aromatic N) is 1. The molecule has 1 aliphatic heterocycles. The molecule has 1 aliphatic rings. The normalized spacial score (nSPS) is 17.0. The molecule has 27 heavy (non-hydrogen) atoms. The van der Waals surface area contributed by atoms with Crippen molar-refractivity contribution in [3.05, 3.63) is 54.6 Å². The predicted molar refractivity (Wildman–Crippen MR) is 110 cm³/mol. The van der Waals surface area contributed by atoms with E-state index in [4.69, 9.17) is 0 Å². The number of para-hydroxylation sites is 1. The first-order chi connectivity index (χ1) is 12.6. The van der Waals surface area contributed by atoms with Crippen LogP contribution in [0.3, 0.4) is 0 Å². The summed E-state index contributed by atoms with van der Waals surface area (Å²) in [5.74, 6) is -1.03. The molecule has 7 heteroatoms. The molecule has 0 radical (unpaired) electrons. The number of carbonyl (C=O) groups excluding carboxylic acids is 1. The van der Waals surface area contributed by atoms with Gasteiger partial charge in [-0.1, -0.05) is 48.5 Å². The summed E-state index contributed by atoms with van der Waals surface area (Å²) in [5, 5.41) is 12.3. The van der Waals surface area contributed by atoms with Crippen LogP contribution in [0.25, 0.3) is 0 Å². The molecule has 1 amide bonds. The SMILES string of the molecule is Cl.O=C(CN1CCCCC1C(=O)O)Nc1ccccc1Sc1ccccc1. The molecule has 1 fully saturated rings. The lowest BCUT2D eigenvalue weighted by Gasteiger charge is -2.32. The Morgan fingerprint density at radius 2 is 1.78 bits per heavy atom. The lowest BCUT2D eigenvalue weighted by molar-refractivity contribution is -0.145. The van der Waals surface area contributed by atoms with E-state index in [1.165, 1.54) is 0 Å². The molecule has 0 aliphatic carbocycles. The molecule has 1 atom stereocenters. The van der Waals surface area contributed by atoms with Crippen LogP contribution in [0.2, 0.25) is 0 Å². The molecule has 1 saturated heterocycles. The van der Waals surface area contributed by atoms with Gasteiger partial charge in [0.15, 0.2) is 0 Å². The van der Waals surface area contributed by atoms with Crippen LogP contribution in [0.4, 0.5) is 5.69 Å². The summed E-state index contributed by atoms with van der Waals surface area (Å²) in [6.07, 6.45) is 2.42. The third-order valence-corrected chi connectivity index (χ3v) is 5.46. The van der Waals surface area contributed by atoms with Gasteiger partial charge in [0.05, 0.1) is 12.2 Å². The molecule has 0 saturated carbocycles. The lowest BCUT2D eigenvalue weighted by Crippen LogP contribution is -2.47. The van der Waals surface area contributed by atoms with Gasteiger partial charge in [-0.05, 0) is 43.7 Å². The van der Waals surface area contributed by atoms with Crippen molar-refractivity contribution in [2.24, 2.45) is 0 Å². The summed E-state index contributed by atoms with van der Waals surface area (Å²) < 4.78 is 0. The van der Waals surface area contributed by atoms with Crippen LogP contribution >= 0.6 is 24.2 Å². The monoisotopic (exact) mass is 406 g/mol. The van der Waals surface area contributed by atoms with E-state index in [0.29, 0.717) is 13.0 Å². The second-order valence-corrected chi connectivity index (χ2v) is 7.40. The minimum Gasteiger partial charge on any atom is -0.480 e. The van der Waals surface area contributed by atoms with Gasteiger partial charge in [-0.15, -0.1) is 12.4 Å². The maximum absolute atomic E-state index is 12.5. The number of rotatable bonds is 6. The van der Waals surface area contributed by atoms with Gasteiger partial charge in [0, 0.05) is 9.79 Å². The van der Waals surface area contributed by atoms with Crippen molar-refractivity contribution in [2.75, 3.05) is 18.4 Å². The first kappa shape index (κ1) is 21.3. The third-order valence-electron chi connectivity index (χ3n) is 4.38. The average molecular weight is 407 g/mol. The Hall–Kier alpha value is -2.02. The van der Waals surface area contributed by atoms with Crippen LogP contribution < -0.4 is 5.32 Å². The van der Waals surface area contributed by atoms with E-state index >= 15 is 0 Å². The number of halogens is 1. The lowest BCUT2D eigenvalue weighted by atomic mass is 10.0. The number of benzene rings is 2. The molecule has 0 spiro atoms. The second-order valence-electron chi connectivity index (χ2n) is 6.28. The summed E-state index contributed by atoms with van der Waals surface area (Å²) in [6, 6.07) is 17.1. The molecular weight excluding hydrogens is 384 g/mol. The number of carbonyl (C=O) groups is 2. The fourth-order valence-electron chi connectivity index (χ4n) is 3.11. The van der Waals surface area contributed by atoms with E-state index in [-0.39, 0.29) is 24.9 Å². The number of hydrogen-bond acceptors (Lipinski definition) is 4. The molecule has 5 nitrogen and oxygen atoms in total. The largest absolute Gasteiger partial charge is 0.480 e. The molecular formula is C20H23ClN2O3S. The van der Waals surface area contributed by atoms with Gasteiger partial charge < -0.3 is 10.4 Å². The Balaban J connectivity index is 0.00000261. The number of carboxylic acid groups (broad SMARTS) is 1. The summed E-state index contributed by atoms with van der Waals surface area (Å²) >= 11 is 1.59. The van der Waals surface area contributed by atoms with Crippen molar-refractivity contribution in [2.45, 2.75) is 35.1 Å². The highest BCUT2D eigenvalue weighted by Gasteiger charge is 2.29. The van der Waals surface area contributed by atoms with Crippen LogP contribution in [0, 0.1) is 0 Å². The molecule has 144 valence electrons. The number of aliphatic carboxylic acids is 1. The Kier molecular flexibility index (Phi) is 8.16. The molecule has 2 N–H and O–H groups in total. The summed E-state index contributed by atoms with van der Waals surface area (Å²) in [7, 11) is 0. The highest BCUT2D eigenvalue weighted by molar-refractivity contribution is 7.99. The molecule has 0 bridgehead atoms. The molecule has 2 aromatic rings.